The van der Waals surface area contributed by atoms with Crippen LogP contribution in [0.15, 0.2) is 48.5 Å². The molecule has 2 aliphatic rings. The molecule has 164 valence electrons. The van der Waals surface area contributed by atoms with Crippen molar-refractivity contribution in [3.8, 4) is 0 Å². The zero-order chi connectivity index (χ0) is 22.4. The van der Waals surface area contributed by atoms with E-state index in [0.717, 1.165) is 12.1 Å². The van der Waals surface area contributed by atoms with Crippen molar-refractivity contribution < 1.29 is 31.8 Å². The van der Waals surface area contributed by atoms with Gasteiger partial charge in [0.05, 0.1) is 30.8 Å². The molecule has 0 bridgehead atoms. The van der Waals surface area contributed by atoms with E-state index < -0.39 is 41.0 Å². The monoisotopic (exact) mass is 454 g/mol. The predicted molar refractivity (Wildman–Crippen MR) is 107 cm³/mol. The summed E-state index contributed by atoms with van der Waals surface area (Å²) in [6, 6.07) is 8.95. The quantitative estimate of drug-likeness (QED) is 0.420. The van der Waals surface area contributed by atoms with Crippen molar-refractivity contribution in [3.05, 3.63) is 76.1 Å². The Kier molecular flexibility index (Phi) is 5.60. The van der Waals surface area contributed by atoms with E-state index in [1.54, 1.807) is 18.2 Å². The lowest BCUT2D eigenvalue weighted by molar-refractivity contribution is -0.146. The van der Waals surface area contributed by atoms with Crippen LogP contribution in [0.2, 0.25) is 5.02 Å². The molecular formula is C23H19ClF4O3. The summed E-state index contributed by atoms with van der Waals surface area (Å²) in [4.78, 5) is 12.4. The van der Waals surface area contributed by atoms with Crippen molar-refractivity contribution in [2.75, 3.05) is 13.7 Å². The second kappa shape index (κ2) is 7.95. The first kappa shape index (κ1) is 21.8. The summed E-state index contributed by atoms with van der Waals surface area (Å²) in [6.45, 7) is 0.0482. The molecule has 0 amide bonds. The molecule has 2 aromatic rings. The Balaban J connectivity index is 1.78. The summed E-state index contributed by atoms with van der Waals surface area (Å²) in [5, 5.41) is 0.181. The fourth-order valence-corrected chi connectivity index (χ4v) is 4.89. The van der Waals surface area contributed by atoms with Gasteiger partial charge in [-0.15, -0.1) is 0 Å². The summed E-state index contributed by atoms with van der Waals surface area (Å²) >= 11 is 6.21. The van der Waals surface area contributed by atoms with E-state index in [1.807, 2.05) is 0 Å². The number of methoxy groups -OCH3 is 1. The molecule has 0 aromatic heterocycles. The molecule has 0 N–H and O–H groups in total. The average Bonchev–Trinajstić information content (AvgIpc) is 3.32. The fourth-order valence-electron chi connectivity index (χ4n) is 4.65. The Labute approximate surface area is 181 Å². The van der Waals surface area contributed by atoms with E-state index in [4.69, 9.17) is 21.1 Å². The summed E-state index contributed by atoms with van der Waals surface area (Å²) in [5.41, 5.74) is -0.269. The number of carbonyl (C=O) groups excluding carboxylic acids is 1. The van der Waals surface area contributed by atoms with Gasteiger partial charge < -0.3 is 9.47 Å². The lowest BCUT2D eigenvalue weighted by atomic mass is 9.79. The third kappa shape index (κ3) is 3.96. The maximum atomic E-state index is 13.5. The highest BCUT2D eigenvalue weighted by molar-refractivity contribution is 6.32. The van der Waals surface area contributed by atoms with E-state index in [1.165, 1.54) is 25.3 Å². The van der Waals surface area contributed by atoms with Gasteiger partial charge in [-0.2, -0.15) is 13.2 Å². The van der Waals surface area contributed by atoms with E-state index in [2.05, 4.69) is 0 Å². The summed E-state index contributed by atoms with van der Waals surface area (Å²) < 4.78 is 64.2. The smallest absolute Gasteiger partial charge is 0.416 e. The van der Waals surface area contributed by atoms with Gasteiger partial charge in [0.2, 0.25) is 0 Å². The van der Waals surface area contributed by atoms with Gasteiger partial charge in [-0.25, -0.2) is 4.39 Å². The highest BCUT2D eigenvalue weighted by Gasteiger charge is 2.54. The van der Waals surface area contributed by atoms with Gasteiger partial charge in [0.25, 0.3) is 0 Å². The summed E-state index contributed by atoms with van der Waals surface area (Å²) in [5.74, 6) is -1.82. The standard InChI is InChI=1S/C23H19ClF4O3/c1-30-21(29)17-8-9-22(20(17)13-2-5-16(25)6-3-13)11-14(12-31-22)18-10-15(23(26,27)28)4-7-19(18)24/h2-7,10-11,17,20H,8-9,12H2,1H3/t17-,20+,22+/m0/s1. The van der Waals surface area contributed by atoms with E-state index in [0.29, 0.717) is 24.0 Å². The number of hydrogen-bond donors (Lipinski definition) is 0. The molecule has 0 radical (unpaired) electrons. The largest absolute Gasteiger partial charge is 0.469 e. The van der Waals surface area contributed by atoms with Gasteiger partial charge in [-0.05, 0) is 65.9 Å². The van der Waals surface area contributed by atoms with Crippen molar-refractivity contribution in [2.24, 2.45) is 5.92 Å². The van der Waals surface area contributed by atoms with Crippen molar-refractivity contribution in [1.82, 2.24) is 0 Å². The second-order valence-corrected chi connectivity index (χ2v) is 8.21. The van der Waals surface area contributed by atoms with Gasteiger partial charge in [-0.1, -0.05) is 23.7 Å². The van der Waals surface area contributed by atoms with Crippen LogP contribution in [0.25, 0.3) is 5.57 Å². The first-order valence-electron chi connectivity index (χ1n) is 9.71. The molecule has 1 heterocycles. The number of halogens is 5. The number of carbonyl (C=O) groups is 1. The molecule has 0 unspecified atom stereocenters. The molecule has 1 spiro atoms. The Bertz CT molecular complexity index is 1030. The van der Waals surface area contributed by atoms with Crippen LogP contribution in [0.4, 0.5) is 17.6 Å². The number of hydrogen-bond acceptors (Lipinski definition) is 3. The molecule has 8 heteroatoms. The maximum absolute atomic E-state index is 13.5. The zero-order valence-electron chi connectivity index (χ0n) is 16.5. The topological polar surface area (TPSA) is 35.5 Å². The normalized spacial score (nSPS) is 25.7. The molecule has 2 aromatic carbocycles. The van der Waals surface area contributed by atoms with Gasteiger partial charge in [0, 0.05) is 10.9 Å². The first-order valence-corrected chi connectivity index (χ1v) is 10.1. The van der Waals surface area contributed by atoms with Crippen molar-refractivity contribution in [2.45, 2.75) is 30.5 Å². The van der Waals surface area contributed by atoms with Gasteiger partial charge in [0.15, 0.2) is 0 Å². The lowest BCUT2D eigenvalue weighted by Crippen LogP contribution is -2.34. The highest BCUT2D eigenvalue weighted by Crippen LogP contribution is 2.54. The molecule has 4 rings (SSSR count). The molecule has 1 aliphatic heterocycles. The Morgan fingerprint density at radius 3 is 2.55 bits per heavy atom. The van der Waals surface area contributed by atoms with Crippen LogP contribution in [0, 0.1) is 11.7 Å². The third-order valence-corrected chi connectivity index (χ3v) is 6.39. The average molecular weight is 455 g/mol. The molecule has 3 atom stereocenters. The molecule has 0 saturated heterocycles. The second-order valence-electron chi connectivity index (χ2n) is 7.80. The van der Waals surface area contributed by atoms with Crippen LogP contribution in [0.5, 0.6) is 0 Å². The SMILES string of the molecule is COC(=O)[C@H]1CC[C@@]2(C=C(c3cc(C(F)(F)F)ccc3Cl)CO2)[C@@H]1c1ccc(F)cc1. The maximum Gasteiger partial charge on any atom is 0.416 e. The molecular weight excluding hydrogens is 436 g/mol. The lowest BCUT2D eigenvalue weighted by Gasteiger charge is -2.31. The van der Waals surface area contributed by atoms with Crippen LogP contribution < -0.4 is 0 Å². The Morgan fingerprint density at radius 2 is 1.90 bits per heavy atom. The Morgan fingerprint density at radius 1 is 1.19 bits per heavy atom. The summed E-state index contributed by atoms with van der Waals surface area (Å²) in [6.07, 6.45) is -1.80. The molecule has 31 heavy (non-hydrogen) atoms. The Hall–Kier alpha value is -2.38. The van der Waals surface area contributed by atoms with E-state index in [-0.39, 0.29) is 17.2 Å². The number of alkyl halides is 3. The summed E-state index contributed by atoms with van der Waals surface area (Å²) in [7, 11) is 1.30. The fraction of sp³-hybridized carbons (Fsp3) is 0.348. The molecule has 1 saturated carbocycles. The third-order valence-electron chi connectivity index (χ3n) is 6.06. The van der Waals surface area contributed by atoms with E-state index >= 15 is 0 Å². The van der Waals surface area contributed by atoms with Gasteiger partial charge in [-0.3, -0.25) is 4.79 Å². The van der Waals surface area contributed by atoms with Crippen LogP contribution in [-0.2, 0) is 20.4 Å². The van der Waals surface area contributed by atoms with Crippen LogP contribution in [-0.4, -0.2) is 25.3 Å². The first-order chi connectivity index (χ1) is 14.6. The van der Waals surface area contributed by atoms with Crippen LogP contribution in [0.1, 0.15) is 35.4 Å². The van der Waals surface area contributed by atoms with Crippen molar-refractivity contribution >= 4 is 23.1 Å². The molecule has 1 aliphatic carbocycles. The highest BCUT2D eigenvalue weighted by atomic mass is 35.5. The van der Waals surface area contributed by atoms with Crippen LogP contribution in [0.3, 0.4) is 0 Å². The zero-order valence-corrected chi connectivity index (χ0v) is 17.3. The number of ether oxygens (including phenoxy) is 2. The minimum Gasteiger partial charge on any atom is -0.469 e. The molecule has 1 fully saturated rings. The molecule has 3 nitrogen and oxygen atoms in total. The van der Waals surface area contributed by atoms with Gasteiger partial charge >= 0.3 is 12.1 Å². The number of benzene rings is 2. The van der Waals surface area contributed by atoms with E-state index in [9.17, 15) is 22.4 Å². The predicted octanol–water partition coefficient (Wildman–Crippen LogP) is 6.02. The minimum absolute atomic E-state index is 0.0482. The van der Waals surface area contributed by atoms with Gasteiger partial charge in [0.1, 0.15) is 5.82 Å². The minimum atomic E-state index is -4.50. The van der Waals surface area contributed by atoms with Crippen molar-refractivity contribution in [3.63, 3.8) is 0 Å². The number of esters is 1. The van der Waals surface area contributed by atoms with Crippen molar-refractivity contribution in [1.29, 1.82) is 0 Å². The number of rotatable bonds is 3. The van der Waals surface area contributed by atoms with Crippen LogP contribution >= 0.6 is 11.6 Å².